The molecule has 1 aromatic rings. The number of hydrogen-bond donors (Lipinski definition) is 0. The van der Waals surface area contributed by atoms with Gasteiger partial charge in [-0.3, -0.25) is 9.59 Å². The summed E-state index contributed by atoms with van der Waals surface area (Å²) in [6.07, 6.45) is 1.82. The quantitative estimate of drug-likeness (QED) is 0.629. The molecule has 1 aromatic carbocycles. The number of hydrogen-bond acceptors (Lipinski definition) is 5. The Labute approximate surface area is 173 Å². The molecule has 2 aliphatic rings. The molecule has 2 fully saturated rings. The van der Waals surface area contributed by atoms with Crippen LogP contribution >= 0.6 is 0 Å². The molecule has 29 heavy (non-hydrogen) atoms. The Morgan fingerprint density at radius 1 is 1.14 bits per heavy atom. The van der Waals surface area contributed by atoms with Gasteiger partial charge in [-0.1, -0.05) is 32.9 Å². The van der Waals surface area contributed by atoms with Crippen LogP contribution in [0.2, 0.25) is 0 Å². The van der Waals surface area contributed by atoms with Gasteiger partial charge in [0.2, 0.25) is 10.0 Å². The lowest BCUT2D eigenvalue weighted by molar-refractivity contribution is -0.153. The average molecular weight is 423 g/mol. The first-order valence-electron chi connectivity index (χ1n) is 10.3. The lowest BCUT2D eigenvalue weighted by Crippen LogP contribution is -2.51. The number of esters is 1. The van der Waals surface area contributed by atoms with Crippen LogP contribution in [0.25, 0.3) is 0 Å². The molecule has 3 rings (SSSR count). The second-order valence-corrected chi connectivity index (χ2v) is 10.0. The van der Waals surface area contributed by atoms with Gasteiger partial charge in [-0.05, 0) is 42.4 Å². The Balaban J connectivity index is 1.52. The molecule has 1 aliphatic heterocycles. The lowest BCUT2D eigenvalue weighted by atomic mass is 9.99. The Kier molecular flexibility index (Phi) is 6.63. The molecule has 0 bridgehead atoms. The van der Waals surface area contributed by atoms with Crippen molar-refractivity contribution in [1.82, 2.24) is 9.21 Å². The Morgan fingerprint density at radius 2 is 1.72 bits per heavy atom. The van der Waals surface area contributed by atoms with E-state index in [0.717, 1.165) is 18.4 Å². The van der Waals surface area contributed by atoms with E-state index in [0.29, 0.717) is 24.9 Å². The van der Waals surface area contributed by atoms with E-state index in [4.69, 9.17) is 4.74 Å². The maximum atomic E-state index is 12.9. The van der Waals surface area contributed by atoms with E-state index in [-0.39, 0.29) is 42.4 Å². The minimum atomic E-state index is -3.59. The number of ether oxygens (including phenoxy) is 1. The number of sulfonamides is 1. The highest BCUT2D eigenvalue weighted by atomic mass is 32.2. The molecule has 1 saturated heterocycles. The van der Waals surface area contributed by atoms with E-state index in [1.54, 1.807) is 17.0 Å². The van der Waals surface area contributed by atoms with E-state index in [1.807, 2.05) is 19.1 Å². The van der Waals surface area contributed by atoms with Crippen molar-refractivity contribution in [3.63, 3.8) is 0 Å². The van der Waals surface area contributed by atoms with Crippen molar-refractivity contribution < 1.29 is 22.7 Å². The predicted molar refractivity (Wildman–Crippen MR) is 109 cm³/mol. The number of nitrogens with zero attached hydrogens (tertiary/aromatic N) is 2. The molecule has 0 N–H and O–H groups in total. The first-order chi connectivity index (χ1) is 13.7. The molecule has 1 aliphatic carbocycles. The number of amides is 1. The number of benzene rings is 1. The fraction of sp³-hybridized carbons (Fsp3) is 0.619. The first-order valence-corrected chi connectivity index (χ1v) is 11.7. The molecule has 1 heterocycles. The second-order valence-electron chi connectivity index (χ2n) is 8.09. The summed E-state index contributed by atoms with van der Waals surface area (Å²) in [4.78, 5) is 25.8. The maximum absolute atomic E-state index is 12.9. The summed E-state index contributed by atoms with van der Waals surface area (Å²) < 4.78 is 32.3. The summed E-state index contributed by atoms with van der Waals surface area (Å²) in [6, 6.07) is 7.06. The topological polar surface area (TPSA) is 84.0 Å². The van der Waals surface area contributed by atoms with Gasteiger partial charge in [0.15, 0.2) is 6.61 Å². The predicted octanol–water partition coefficient (Wildman–Crippen LogP) is 2.23. The fourth-order valence-corrected chi connectivity index (χ4v) is 4.93. The highest BCUT2D eigenvalue weighted by Gasteiger charge is 2.41. The zero-order valence-corrected chi connectivity index (χ0v) is 18.2. The Hall–Kier alpha value is -1.93. The average Bonchev–Trinajstić information content (AvgIpc) is 3.48. The minimum Gasteiger partial charge on any atom is -0.455 e. The summed E-state index contributed by atoms with van der Waals surface area (Å²) in [6.45, 7) is 6.97. The molecule has 0 spiro atoms. The molecule has 1 saturated carbocycles. The van der Waals surface area contributed by atoms with Gasteiger partial charge in [0.05, 0.1) is 10.8 Å². The highest BCUT2D eigenvalue weighted by molar-refractivity contribution is 7.89. The minimum absolute atomic E-state index is 0.0727. The Bertz CT molecular complexity index is 844. The van der Waals surface area contributed by atoms with E-state index >= 15 is 0 Å². The van der Waals surface area contributed by atoms with Gasteiger partial charge in [-0.25, -0.2) is 8.42 Å². The van der Waals surface area contributed by atoms with Gasteiger partial charge in [0.1, 0.15) is 0 Å². The Morgan fingerprint density at radius 3 is 2.24 bits per heavy atom. The third-order valence-corrected chi connectivity index (χ3v) is 7.95. The SMILES string of the molecule is CC[C@H](C)c1ccc(S(=O)(=O)N2CCN(C(=O)COC(=O)[C@@H]3C[C@@H]3C)CC2)cc1. The molecular weight excluding hydrogens is 392 g/mol. The first kappa shape index (κ1) is 21.8. The molecule has 7 nitrogen and oxygen atoms in total. The summed E-state index contributed by atoms with van der Waals surface area (Å²) >= 11 is 0. The summed E-state index contributed by atoms with van der Waals surface area (Å²) in [5, 5.41) is 0. The standard InChI is InChI=1S/C21H30N2O5S/c1-4-15(2)17-5-7-18(8-6-17)29(26,27)23-11-9-22(10-12-23)20(24)14-28-21(25)19-13-16(19)3/h5-8,15-16,19H,4,9-14H2,1-3H3/t15-,16-,19+/m0/s1. The van der Waals surface area contributed by atoms with Crippen molar-refractivity contribution >= 4 is 21.9 Å². The largest absolute Gasteiger partial charge is 0.455 e. The van der Waals surface area contributed by atoms with E-state index in [2.05, 4.69) is 13.8 Å². The third-order valence-electron chi connectivity index (χ3n) is 6.04. The molecule has 160 valence electrons. The van der Waals surface area contributed by atoms with Crippen LogP contribution in [0.4, 0.5) is 0 Å². The van der Waals surface area contributed by atoms with Crippen molar-refractivity contribution in [2.45, 2.75) is 44.4 Å². The number of rotatable bonds is 7. The van der Waals surface area contributed by atoms with Crippen LogP contribution in [0.15, 0.2) is 29.2 Å². The summed E-state index contributed by atoms with van der Waals surface area (Å²) in [7, 11) is -3.59. The van der Waals surface area contributed by atoms with Gasteiger partial charge >= 0.3 is 5.97 Å². The van der Waals surface area contributed by atoms with Crippen molar-refractivity contribution in [3.8, 4) is 0 Å². The van der Waals surface area contributed by atoms with Crippen LogP contribution in [0, 0.1) is 11.8 Å². The van der Waals surface area contributed by atoms with Gasteiger partial charge in [0.25, 0.3) is 5.91 Å². The molecule has 0 unspecified atom stereocenters. The maximum Gasteiger partial charge on any atom is 0.309 e. The van der Waals surface area contributed by atoms with E-state index in [1.165, 1.54) is 4.31 Å². The number of piperazine rings is 1. The van der Waals surface area contributed by atoms with Crippen LogP contribution in [-0.2, 0) is 24.3 Å². The molecule has 0 aromatic heterocycles. The van der Waals surface area contributed by atoms with E-state index < -0.39 is 10.0 Å². The van der Waals surface area contributed by atoms with Crippen molar-refractivity contribution in [2.75, 3.05) is 32.8 Å². The van der Waals surface area contributed by atoms with Crippen molar-refractivity contribution in [3.05, 3.63) is 29.8 Å². The van der Waals surface area contributed by atoms with Gasteiger partial charge < -0.3 is 9.64 Å². The smallest absolute Gasteiger partial charge is 0.309 e. The summed E-state index contributed by atoms with van der Waals surface area (Å²) in [5.41, 5.74) is 1.12. The number of carbonyl (C=O) groups excluding carboxylic acids is 2. The number of carbonyl (C=O) groups is 2. The van der Waals surface area contributed by atoms with Gasteiger partial charge in [0, 0.05) is 26.2 Å². The zero-order valence-electron chi connectivity index (χ0n) is 17.3. The van der Waals surface area contributed by atoms with Crippen LogP contribution < -0.4 is 0 Å². The highest BCUT2D eigenvalue weighted by Crippen LogP contribution is 2.38. The van der Waals surface area contributed by atoms with Crippen molar-refractivity contribution in [2.24, 2.45) is 11.8 Å². The van der Waals surface area contributed by atoms with E-state index in [9.17, 15) is 18.0 Å². The van der Waals surface area contributed by atoms with Crippen LogP contribution in [0.5, 0.6) is 0 Å². The summed E-state index contributed by atoms with van der Waals surface area (Å²) in [5.74, 6) is 0.0649. The van der Waals surface area contributed by atoms with Crippen LogP contribution in [-0.4, -0.2) is 62.3 Å². The van der Waals surface area contributed by atoms with Gasteiger partial charge in [-0.15, -0.1) is 0 Å². The molecular formula is C21H30N2O5S. The molecule has 8 heteroatoms. The van der Waals surface area contributed by atoms with Crippen molar-refractivity contribution in [1.29, 1.82) is 0 Å². The normalized spacial score (nSPS) is 23.5. The lowest BCUT2D eigenvalue weighted by Gasteiger charge is -2.34. The van der Waals surface area contributed by atoms with Crippen LogP contribution in [0.1, 0.15) is 45.1 Å². The fourth-order valence-electron chi connectivity index (χ4n) is 3.51. The zero-order chi connectivity index (χ0) is 21.2. The molecule has 3 atom stereocenters. The molecule has 0 radical (unpaired) electrons. The second kappa shape index (κ2) is 8.83. The van der Waals surface area contributed by atoms with Gasteiger partial charge in [-0.2, -0.15) is 4.31 Å². The monoisotopic (exact) mass is 422 g/mol. The third kappa shape index (κ3) is 4.98. The molecule has 1 amide bonds. The van der Waals surface area contributed by atoms with Crippen LogP contribution in [0.3, 0.4) is 0 Å².